The van der Waals surface area contributed by atoms with Crippen LogP contribution in [-0.4, -0.2) is 18.4 Å². The van der Waals surface area contributed by atoms with E-state index in [2.05, 4.69) is 6.08 Å². The van der Waals surface area contributed by atoms with Gasteiger partial charge in [0.25, 0.3) is 0 Å². The smallest absolute Gasteiger partial charge is 0.110 e. The molecule has 0 spiro atoms. The summed E-state index contributed by atoms with van der Waals surface area (Å²) in [6.07, 6.45) is 3.05. The second kappa shape index (κ2) is 5.62. The van der Waals surface area contributed by atoms with Crippen LogP contribution in [0.1, 0.15) is 6.42 Å². The Morgan fingerprint density at radius 1 is 1.50 bits per heavy atom. The molecule has 1 unspecified atom stereocenters. The van der Waals surface area contributed by atoms with Crippen LogP contribution < -0.4 is 5.73 Å². The molecule has 1 aliphatic heterocycles. The molecule has 1 heterocycles. The number of rotatable bonds is 4. The standard InChI is InChI=1S/C12H14ClNOS/c13-9-3-1-4-10(7-9)16-8-11(14)12-5-2-6-15-12/h1,3-5,7,11H,2,6,8,14H2. The first-order chi connectivity index (χ1) is 7.75. The van der Waals surface area contributed by atoms with Crippen LogP contribution in [0.15, 0.2) is 41.0 Å². The van der Waals surface area contributed by atoms with Crippen molar-refractivity contribution >= 4 is 23.4 Å². The number of ether oxygens (including phenoxy) is 1. The Balaban J connectivity index is 1.87. The van der Waals surface area contributed by atoms with Gasteiger partial charge in [-0.3, -0.25) is 0 Å². The van der Waals surface area contributed by atoms with Crippen molar-refractivity contribution in [3.05, 3.63) is 41.1 Å². The van der Waals surface area contributed by atoms with Gasteiger partial charge in [-0.1, -0.05) is 17.7 Å². The summed E-state index contributed by atoms with van der Waals surface area (Å²) in [7, 11) is 0. The molecule has 2 rings (SSSR count). The summed E-state index contributed by atoms with van der Waals surface area (Å²) in [4.78, 5) is 1.14. The Bertz CT molecular complexity index is 394. The maximum atomic E-state index is 6.02. The van der Waals surface area contributed by atoms with Crippen LogP contribution in [0.25, 0.3) is 0 Å². The highest BCUT2D eigenvalue weighted by molar-refractivity contribution is 7.99. The van der Waals surface area contributed by atoms with Crippen molar-refractivity contribution in [3.8, 4) is 0 Å². The van der Waals surface area contributed by atoms with E-state index in [0.29, 0.717) is 0 Å². The van der Waals surface area contributed by atoms with Crippen LogP contribution in [0, 0.1) is 0 Å². The van der Waals surface area contributed by atoms with Crippen LogP contribution in [0.2, 0.25) is 5.02 Å². The first-order valence-electron chi connectivity index (χ1n) is 5.22. The minimum atomic E-state index is -0.0218. The fraction of sp³-hybridized carbons (Fsp3) is 0.333. The third-order valence-corrected chi connectivity index (χ3v) is 3.67. The molecular weight excluding hydrogens is 242 g/mol. The number of hydrogen-bond donors (Lipinski definition) is 1. The Morgan fingerprint density at radius 3 is 3.06 bits per heavy atom. The minimum absolute atomic E-state index is 0.0218. The van der Waals surface area contributed by atoms with Crippen LogP contribution >= 0.6 is 23.4 Å². The van der Waals surface area contributed by atoms with Gasteiger partial charge in [-0.15, -0.1) is 11.8 Å². The van der Waals surface area contributed by atoms with Crippen LogP contribution in [-0.2, 0) is 4.74 Å². The van der Waals surface area contributed by atoms with E-state index < -0.39 is 0 Å². The van der Waals surface area contributed by atoms with Gasteiger partial charge in [-0.2, -0.15) is 0 Å². The number of nitrogens with two attached hydrogens (primary N) is 1. The van der Waals surface area contributed by atoms with E-state index in [9.17, 15) is 0 Å². The van der Waals surface area contributed by atoms with Crippen molar-refractivity contribution in [3.63, 3.8) is 0 Å². The van der Waals surface area contributed by atoms with Crippen molar-refractivity contribution in [1.29, 1.82) is 0 Å². The number of thioether (sulfide) groups is 1. The summed E-state index contributed by atoms with van der Waals surface area (Å²) in [5.74, 6) is 1.74. The summed E-state index contributed by atoms with van der Waals surface area (Å²) >= 11 is 7.61. The summed E-state index contributed by atoms with van der Waals surface area (Å²) in [5, 5.41) is 0.759. The predicted octanol–water partition coefficient (Wildman–Crippen LogP) is 3.06. The van der Waals surface area contributed by atoms with E-state index in [1.807, 2.05) is 24.3 Å². The van der Waals surface area contributed by atoms with Crippen molar-refractivity contribution in [1.82, 2.24) is 0 Å². The quantitative estimate of drug-likeness (QED) is 0.840. The Morgan fingerprint density at radius 2 is 2.38 bits per heavy atom. The molecule has 1 aliphatic rings. The highest BCUT2D eigenvalue weighted by Gasteiger charge is 2.14. The molecule has 2 N–H and O–H groups in total. The van der Waals surface area contributed by atoms with Crippen molar-refractivity contribution in [2.75, 3.05) is 12.4 Å². The Kier molecular flexibility index (Phi) is 4.16. The normalized spacial score (nSPS) is 16.8. The highest BCUT2D eigenvalue weighted by Crippen LogP contribution is 2.24. The van der Waals surface area contributed by atoms with E-state index in [4.69, 9.17) is 22.1 Å². The molecule has 86 valence electrons. The molecule has 2 nitrogen and oxygen atoms in total. The monoisotopic (exact) mass is 255 g/mol. The van der Waals surface area contributed by atoms with E-state index in [1.165, 1.54) is 0 Å². The maximum Gasteiger partial charge on any atom is 0.110 e. The van der Waals surface area contributed by atoms with Gasteiger partial charge in [0.05, 0.1) is 12.6 Å². The van der Waals surface area contributed by atoms with Gasteiger partial charge in [0.15, 0.2) is 0 Å². The molecule has 0 radical (unpaired) electrons. The third-order valence-electron chi connectivity index (χ3n) is 2.32. The van der Waals surface area contributed by atoms with Crippen molar-refractivity contribution in [2.45, 2.75) is 17.4 Å². The molecule has 4 heteroatoms. The van der Waals surface area contributed by atoms with E-state index in [0.717, 1.165) is 34.5 Å². The third kappa shape index (κ3) is 3.17. The molecule has 0 saturated heterocycles. The average molecular weight is 256 g/mol. The Hall–Kier alpha value is -0.640. The van der Waals surface area contributed by atoms with Gasteiger partial charge >= 0.3 is 0 Å². The summed E-state index contributed by atoms with van der Waals surface area (Å²) < 4.78 is 5.42. The minimum Gasteiger partial charge on any atom is -0.496 e. The molecule has 0 amide bonds. The molecule has 1 aromatic carbocycles. The maximum absolute atomic E-state index is 6.02. The van der Waals surface area contributed by atoms with Crippen LogP contribution in [0.5, 0.6) is 0 Å². The van der Waals surface area contributed by atoms with Gasteiger partial charge < -0.3 is 10.5 Å². The lowest BCUT2D eigenvalue weighted by Gasteiger charge is -2.12. The molecule has 16 heavy (non-hydrogen) atoms. The molecule has 0 saturated carbocycles. The highest BCUT2D eigenvalue weighted by atomic mass is 35.5. The zero-order chi connectivity index (χ0) is 11.4. The van der Waals surface area contributed by atoms with Gasteiger partial charge in [0, 0.05) is 22.1 Å². The molecule has 0 aliphatic carbocycles. The second-order valence-corrected chi connectivity index (χ2v) is 5.15. The largest absolute Gasteiger partial charge is 0.496 e. The molecule has 0 aromatic heterocycles. The van der Waals surface area contributed by atoms with Gasteiger partial charge in [0.1, 0.15) is 5.76 Å². The average Bonchev–Trinajstić information content (AvgIpc) is 2.79. The number of halogens is 1. The van der Waals surface area contributed by atoms with Gasteiger partial charge in [0.2, 0.25) is 0 Å². The van der Waals surface area contributed by atoms with Crippen molar-refractivity contribution < 1.29 is 4.74 Å². The summed E-state index contributed by atoms with van der Waals surface area (Å²) in [5.41, 5.74) is 6.02. The van der Waals surface area contributed by atoms with Gasteiger partial charge in [-0.05, 0) is 24.3 Å². The summed E-state index contributed by atoms with van der Waals surface area (Å²) in [6, 6.07) is 7.78. The summed E-state index contributed by atoms with van der Waals surface area (Å²) in [6.45, 7) is 0.769. The second-order valence-electron chi connectivity index (χ2n) is 3.62. The van der Waals surface area contributed by atoms with E-state index in [1.54, 1.807) is 11.8 Å². The lowest BCUT2D eigenvalue weighted by atomic mass is 10.3. The fourth-order valence-corrected chi connectivity index (χ4v) is 2.70. The van der Waals surface area contributed by atoms with Gasteiger partial charge in [-0.25, -0.2) is 0 Å². The molecule has 1 aromatic rings. The zero-order valence-corrected chi connectivity index (χ0v) is 10.4. The number of hydrogen-bond acceptors (Lipinski definition) is 3. The van der Waals surface area contributed by atoms with Crippen molar-refractivity contribution in [2.24, 2.45) is 5.73 Å². The number of benzene rings is 1. The fourth-order valence-electron chi connectivity index (χ4n) is 1.52. The van der Waals surface area contributed by atoms with E-state index in [-0.39, 0.29) is 6.04 Å². The lowest BCUT2D eigenvalue weighted by molar-refractivity contribution is 0.228. The molecule has 1 atom stereocenters. The molecule has 0 bridgehead atoms. The SMILES string of the molecule is NC(CSc1cccc(Cl)c1)C1=CCCO1. The van der Waals surface area contributed by atoms with Crippen LogP contribution in [0.4, 0.5) is 0 Å². The van der Waals surface area contributed by atoms with Crippen LogP contribution in [0.3, 0.4) is 0 Å². The topological polar surface area (TPSA) is 35.2 Å². The predicted molar refractivity (Wildman–Crippen MR) is 68.8 cm³/mol. The molecule has 0 fully saturated rings. The first-order valence-corrected chi connectivity index (χ1v) is 6.59. The Labute approximate surface area is 105 Å². The lowest BCUT2D eigenvalue weighted by Crippen LogP contribution is -2.25. The first kappa shape index (κ1) is 11.8. The molecular formula is C12H14ClNOS. The van der Waals surface area contributed by atoms with E-state index >= 15 is 0 Å². The zero-order valence-electron chi connectivity index (χ0n) is 8.86.